The standard InChI is InChI=1S/C21H23F2NO3S/c1-14-10-12-16(13-11-14)28(26,27)18-17(15-8-6-5-7-9-15)24(4)20(2,3)21(22,23)19(18)25/h5-13,17,25H,1-4H3. The van der Waals surface area contributed by atoms with Crippen LogP contribution in [0.15, 0.2) is 70.2 Å². The third-order valence-corrected chi connectivity index (χ3v) is 7.44. The van der Waals surface area contributed by atoms with E-state index in [1.807, 2.05) is 0 Å². The van der Waals surface area contributed by atoms with Gasteiger partial charge in [0, 0.05) is 0 Å². The van der Waals surface area contributed by atoms with E-state index in [0.717, 1.165) is 5.56 Å². The van der Waals surface area contributed by atoms with Gasteiger partial charge in [-0.25, -0.2) is 8.42 Å². The van der Waals surface area contributed by atoms with Crippen LogP contribution in [0.3, 0.4) is 0 Å². The Morgan fingerprint density at radius 1 is 1.00 bits per heavy atom. The maximum absolute atomic E-state index is 15.1. The fourth-order valence-electron chi connectivity index (χ4n) is 3.42. The van der Waals surface area contributed by atoms with Gasteiger partial charge >= 0.3 is 5.92 Å². The van der Waals surface area contributed by atoms with E-state index in [9.17, 15) is 13.5 Å². The molecule has 1 unspecified atom stereocenters. The van der Waals surface area contributed by atoms with Gasteiger partial charge in [0.1, 0.15) is 4.91 Å². The zero-order valence-electron chi connectivity index (χ0n) is 16.1. The molecule has 2 aromatic carbocycles. The van der Waals surface area contributed by atoms with E-state index in [-0.39, 0.29) is 4.90 Å². The quantitative estimate of drug-likeness (QED) is 0.805. The van der Waals surface area contributed by atoms with E-state index in [4.69, 9.17) is 0 Å². The van der Waals surface area contributed by atoms with E-state index in [0.29, 0.717) is 5.56 Å². The molecule has 1 aliphatic rings. The average Bonchev–Trinajstić information content (AvgIpc) is 2.64. The minimum absolute atomic E-state index is 0.135. The summed E-state index contributed by atoms with van der Waals surface area (Å²) in [6.07, 6.45) is 0. The number of aliphatic hydroxyl groups excluding tert-OH is 1. The van der Waals surface area contributed by atoms with Crippen molar-refractivity contribution in [3.05, 3.63) is 76.4 Å². The van der Waals surface area contributed by atoms with Crippen molar-refractivity contribution in [2.75, 3.05) is 7.05 Å². The lowest BCUT2D eigenvalue weighted by molar-refractivity contribution is -0.137. The topological polar surface area (TPSA) is 57.6 Å². The van der Waals surface area contributed by atoms with Gasteiger partial charge in [0.2, 0.25) is 9.84 Å². The molecule has 0 aliphatic carbocycles. The molecule has 3 rings (SSSR count). The van der Waals surface area contributed by atoms with Crippen LogP contribution in [0.4, 0.5) is 8.78 Å². The van der Waals surface area contributed by atoms with Gasteiger partial charge in [0.05, 0.1) is 16.5 Å². The zero-order chi connectivity index (χ0) is 20.9. The summed E-state index contributed by atoms with van der Waals surface area (Å²) >= 11 is 0. The van der Waals surface area contributed by atoms with Gasteiger partial charge in [0.15, 0.2) is 5.76 Å². The number of aliphatic hydroxyl groups is 1. The molecule has 0 saturated heterocycles. The number of alkyl halides is 2. The minimum Gasteiger partial charge on any atom is -0.505 e. The summed E-state index contributed by atoms with van der Waals surface area (Å²) in [7, 11) is -2.92. The van der Waals surface area contributed by atoms with Crippen LogP contribution in [0.1, 0.15) is 31.0 Å². The summed E-state index contributed by atoms with van der Waals surface area (Å²) in [6.45, 7) is 4.37. The SMILES string of the molecule is Cc1ccc(S(=O)(=O)C2=C(O)C(F)(F)C(C)(C)N(C)C2c2ccccc2)cc1. The highest BCUT2D eigenvalue weighted by molar-refractivity contribution is 7.95. The molecule has 0 amide bonds. The first-order valence-electron chi connectivity index (χ1n) is 8.83. The van der Waals surface area contributed by atoms with Gasteiger partial charge in [-0.3, -0.25) is 4.90 Å². The van der Waals surface area contributed by atoms with E-state index in [1.54, 1.807) is 49.4 Å². The van der Waals surface area contributed by atoms with Gasteiger partial charge in [0.25, 0.3) is 0 Å². The number of benzene rings is 2. The highest BCUT2D eigenvalue weighted by Crippen LogP contribution is 2.52. The number of hydrogen-bond acceptors (Lipinski definition) is 4. The van der Waals surface area contributed by atoms with Crippen molar-refractivity contribution >= 4 is 9.84 Å². The Labute approximate surface area is 164 Å². The van der Waals surface area contributed by atoms with Crippen molar-refractivity contribution in [3.63, 3.8) is 0 Å². The van der Waals surface area contributed by atoms with Crippen molar-refractivity contribution in [1.29, 1.82) is 0 Å². The molecule has 1 N–H and O–H groups in total. The first-order valence-corrected chi connectivity index (χ1v) is 10.3. The largest absolute Gasteiger partial charge is 0.505 e. The Morgan fingerprint density at radius 3 is 2.07 bits per heavy atom. The molecular formula is C21H23F2NO3S. The number of likely N-dealkylation sites (N-methyl/N-ethyl adjacent to an activating group) is 1. The number of halogens is 2. The smallest absolute Gasteiger partial charge is 0.322 e. The highest BCUT2D eigenvalue weighted by Gasteiger charge is 2.61. The summed E-state index contributed by atoms with van der Waals surface area (Å²) in [5.74, 6) is -5.15. The lowest BCUT2D eigenvalue weighted by Crippen LogP contribution is -2.61. The zero-order valence-corrected chi connectivity index (χ0v) is 17.0. The lowest BCUT2D eigenvalue weighted by Gasteiger charge is -2.49. The molecule has 0 radical (unpaired) electrons. The molecule has 4 nitrogen and oxygen atoms in total. The van der Waals surface area contributed by atoms with Crippen LogP contribution >= 0.6 is 0 Å². The van der Waals surface area contributed by atoms with Crippen molar-refractivity contribution in [2.24, 2.45) is 0 Å². The first-order chi connectivity index (χ1) is 12.9. The third kappa shape index (κ3) is 2.93. The third-order valence-electron chi connectivity index (χ3n) is 5.55. The summed E-state index contributed by atoms with van der Waals surface area (Å²) in [5, 5.41) is 10.6. The van der Waals surface area contributed by atoms with Crippen LogP contribution in [0, 0.1) is 6.92 Å². The van der Waals surface area contributed by atoms with Crippen molar-refractivity contribution < 1.29 is 22.3 Å². The fraction of sp³-hybridized carbons (Fsp3) is 0.333. The normalized spacial score (nSPS) is 22.3. The van der Waals surface area contributed by atoms with Crippen molar-refractivity contribution in [2.45, 2.75) is 43.2 Å². The van der Waals surface area contributed by atoms with Gasteiger partial charge in [-0.05, 0) is 45.5 Å². The van der Waals surface area contributed by atoms with Crippen LogP contribution in [-0.4, -0.2) is 36.9 Å². The fourth-order valence-corrected chi connectivity index (χ4v) is 5.14. The monoisotopic (exact) mass is 407 g/mol. The number of nitrogens with zero attached hydrogens (tertiary/aromatic N) is 1. The highest BCUT2D eigenvalue weighted by atomic mass is 32.2. The Bertz CT molecular complexity index is 1010. The second-order valence-corrected chi connectivity index (χ2v) is 9.50. The number of sulfone groups is 1. The predicted molar refractivity (Wildman–Crippen MR) is 104 cm³/mol. The van der Waals surface area contributed by atoms with Gasteiger partial charge < -0.3 is 5.11 Å². The Balaban J connectivity index is 2.34. The maximum atomic E-state index is 15.1. The Morgan fingerprint density at radius 2 is 1.54 bits per heavy atom. The summed E-state index contributed by atoms with van der Waals surface area (Å²) < 4.78 is 56.8. The van der Waals surface area contributed by atoms with Crippen LogP contribution < -0.4 is 0 Å². The molecule has 0 spiro atoms. The summed E-state index contributed by atoms with van der Waals surface area (Å²) in [6, 6.07) is 13.4. The van der Waals surface area contributed by atoms with E-state index in [2.05, 4.69) is 0 Å². The van der Waals surface area contributed by atoms with Crippen molar-refractivity contribution in [3.8, 4) is 0 Å². The predicted octanol–water partition coefficient (Wildman–Crippen LogP) is 4.64. The molecule has 150 valence electrons. The van der Waals surface area contributed by atoms with Crippen LogP contribution in [0.2, 0.25) is 0 Å². The lowest BCUT2D eigenvalue weighted by atomic mass is 9.84. The molecule has 0 bridgehead atoms. The minimum atomic E-state index is -4.37. The van der Waals surface area contributed by atoms with Crippen LogP contribution in [0.25, 0.3) is 0 Å². The second kappa shape index (κ2) is 6.67. The number of hydrogen-bond donors (Lipinski definition) is 1. The van der Waals surface area contributed by atoms with E-state index < -0.39 is 38.0 Å². The molecule has 0 aromatic heterocycles. The molecule has 7 heteroatoms. The second-order valence-electron chi connectivity index (χ2n) is 7.59. The molecule has 1 heterocycles. The van der Waals surface area contributed by atoms with Crippen LogP contribution in [0.5, 0.6) is 0 Å². The van der Waals surface area contributed by atoms with E-state index >= 15 is 8.78 Å². The molecule has 1 aliphatic heterocycles. The molecular weight excluding hydrogens is 384 g/mol. The first kappa shape index (κ1) is 20.5. The molecule has 28 heavy (non-hydrogen) atoms. The summed E-state index contributed by atoms with van der Waals surface area (Å²) in [5.41, 5.74) is -0.459. The number of aryl methyl sites for hydroxylation is 1. The van der Waals surface area contributed by atoms with E-state index in [1.165, 1.54) is 37.9 Å². The number of rotatable bonds is 3. The molecule has 1 atom stereocenters. The Kier molecular flexibility index (Phi) is 4.88. The summed E-state index contributed by atoms with van der Waals surface area (Å²) in [4.78, 5) is 0.488. The van der Waals surface area contributed by atoms with Gasteiger partial charge in [-0.1, -0.05) is 48.0 Å². The van der Waals surface area contributed by atoms with Crippen LogP contribution in [-0.2, 0) is 9.84 Å². The van der Waals surface area contributed by atoms with Gasteiger partial charge in [-0.15, -0.1) is 0 Å². The van der Waals surface area contributed by atoms with Gasteiger partial charge in [-0.2, -0.15) is 8.78 Å². The van der Waals surface area contributed by atoms with Crippen molar-refractivity contribution in [1.82, 2.24) is 4.90 Å². The molecule has 0 saturated carbocycles. The average molecular weight is 407 g/mol. The Hall–Kier alpha value is -2.25. The maximum Gasteiger partial charge on any atom is 0.322 e. The molecule has 2 aromatic rings. The molecule has 0 fully saturated rings.